The maximum absolute atomic E-state index is 12.6. The van der Waals surface area contributed by atoms with Crippen LogP contribution in [0.1, 0.15) is 30.3 Å². The standard InChI is InChI=1S/C18H28N4O2/c1-15-3-2-7-22(14-15)18(23)17-13-16(4-5-20-17)19-6-8-21-9-11-24-12-10-21/h4-5,13,15H,2-3,6-12,14H2,1H3,(H,19,20). The molecule has 132 valence electrons. The van der Waals surface area contributed by atoms with Crippen LogP contribution in [-0.4, -0.2) is 73.2 Å². The van der Waals surface area contributed by atoms with Crippen molar-refractivity contribution in [3.63, 3.8) is 0 Å². The zero-order valence-corrected chi connectivity index (χ0v) is 14.5. The van der Waals surface area contributed by atoms with Gasteiger partial charge in [0.15, 0.2) is 0 Å². The molecule has 6 heteroatoms. The Morgan fingerprint density at radius 1 is 1.38 bits per heavy atom. The number of piperidine rings is 1. The number of hydrogen-bond donors (Lipinski definition) is 1. The minimum atomic E-state index is 0.0541. The Kier molecular flexibility index (Phi) is 6.04. The van der Waals surface area contributed by atoms with Gasteiger partial charge in [0.05, 0.1) is 13.2 Å². The lowest BCUT2D eigenvalue weighted by molar-refractivity contribution is 0.0398. The van der Waals surface area contributed by atoms with Crippen molar-refractivity contribution in [2.45, 2.75) is 19.8 Å². The van der Waals surface area contributed by atoms with Crippen LogP contribution in [0.25, 0.3) is 0 Å². The molecule has 24 heavy (non-hydrogen) atoms. The fraction of sp³-hybridized carbons (Fsp3) is 0.667. The number of likely N-dealkylation sites (tertiary alicyclic amines) is 1. The molecule has 0 saturated carbocycles. The lowest BCUT2D eigenvalue weighted by atomic mass is 10.00. The molecule has 0 aromatic carbocycles. The largest absolute Gasteiger partial charge is 0.384 e. The number of carbonyl (C=O) groups excluding carboxylic acids is 1. The fourth-order valence-corrected chi connectivity index (χ4v) is 3.38. The number of pyridine rings is 1. The monoisotopic (exact) mass is 332 g/mol. The number of amides is 1. The van der Waals surface area contributed by atoms with Crippen LogP contribution >= 0.6 is 0 Å². The van der Waals surface area contributed by atoms with Crippen molar-refractivity contribution in [1.29, 1.82) is 0 Å². The number of carbonyl (C=O) groups is 1. The van der Waals surface area contributed by atoms with Gasteiger partial charge in [-0.3, -0.25) is 14.7 Å². The first-order valence-corrected chi connectivity index (χ1v) is 9.01. The van der Waals surface area contributed by atoms with Gasteiger partial charge in [-0.1, -0.05) is 6.92 Å². The van der Waals surface area contributed by atoms with Crippen molar-refractivity contribution in [1.82, 2.24) is 14.8 Å². The van der Waals surface area contributed by atoms with E-state index in [-0.39, 0.29) is 5.91 Å². The summed E-state index contributed by atoms with van der Waals surface area (Å²) in [4.78, 5) is 21.2. The molecule has 2 aliphatic rings. The molecule has 1 aromatic heterocycles. The highest BCUT2D eigenvalue weighted by atomic mass is 16.5. The number of rotatable bonds is 5. The summed E-state index contributed by atoms with van der Waals surface area (Å²) < 4.78 is 5.36. The molecule has 2 saturated heterocycles. The predicted octanol–water partition coefficient (Wildman–Crippen LogP) is 1.70. The lowest BCUT2D eigenvalue weighted by Crippen LogP contribution is -2.39. The maximum Gasteiger partial charge on any atom is 0.272 e. The number of nitrogens with zero attached hydrogens (tertiary/aromatic N) is 3. The van der Waals surface area contributed by atoms with Gasteiger partial charge in [-0.05, 0) is 30.9 Å². The van der Waals surface area contributed by atoms with E-state index in [2.05, 4.69) is 22.1 Å². The SMILES string of the molecule is CC1CCCN(C(=O)c2cc(NCCN3CCOCC3)ccn2)C1. The van der Waals surface area contributed by atoms with Crippen molar-refractivity contribution in [2.75, 3.05) is 57.8 Å². The maximum atomic E-state index is 12.6. The van der Waals surface area contributed by atoms with Gasteiger partial charge in [-0.15, -0.1) is 0 Å². The third-order valence-corrected chi connectivity index (χ3v) is 4.78. The molecule has 1 N–H and O–H groups in total. The summed E-state index contributed by atoms with van der Waals surface area (Å²) in [7, 11) is 0. The normalized spacial score (nSPS) is 22.4. The van der Waals surface area contributed by atoms with Crippen molar-refractivity contribution in [3.8, 4) is 0 Å². The molecular weight excluding hydrogens is 304 g/mol. The number of morpholine rings is 1. The number of hydrogen-bond acceptors (Lipinski definition) is 5. The molecule has 2 aliphatic heterocycles. The smallest absolute Gasteiger partial charge is 0.272 e. The zero-order valence-electron chi connectivity index (χ0n) is 14.5. The van der Waals surface area contributed by atoms with E-state index < -0.39 is 0 Å². The molecule has 6 nitrogen and oxygen atoms in total. The van der Waals surface area contributed by atoms with E-state index in [9.17, 15) is 4.79 Å². The molecule has 0 bridgehead atoms. The van der Waals surface area contributed by atoms with Gasteiger partial charge in [0.2, 0.25) is 0 Å². The second kappa shape index (κ2) is 8.44. The lowest BCUT2D eigenvalue weighted by Gasteiger charge is -2.30. The summed E-state index contributed by atoms with van der Waals surface area (Å²) in [6, 6.07) is 3.80. The summed E-state index contributed by atoms with van der Waals surface area (Å²) in [6.45, 7) is 9.37. The highest BCUT2D eigenvalue weighted by molar-refractivity contribution is 5.93. The van der Waals surface area contributed by atoms with Gasteiger partial charge in [-0.25, -0.2) is 0 Å². The van der Waals surface area contributed by atoms with Crippen molar-refractivity contribution in [3.05, 3.63) is 24.0 Å². The van der Waals surface area contributed by atoms with E-state index in [0.29, 0.717) is 11.6 Å². The topological polar surface area (TPSA) is 57.7 Å². The quantitative estimate of drug-likeness (QED) is 0.889. The van der Waals surface area contributed by atoms with Crippen molar-refractivity contribution >= 4 is 11.6 Å². The van der Waals surface area contributed by atoms with E-state index in [1.807, 2.05) is 17.0 Å². The first kappa shape index (κ1) is 17.2. The average molecular weight is 332 g/mol. The molecule has 3 rings (SSSR count). The minimum Gasteiger partial charge on any atom is -0.384 e. The van der Waals surface area contributed by atoms with Crippen LogP contribution in [-0.2, 0) is 4.74 Å². The Morgan fingerprint density at radius 3 is 3.00 bits per heavy atom. The zero-order chi connectivity index (χ0) is 16.8. The molecule has 3 heterocycles. The minimum absolute atomic E-state index is 0.0541. The molecule has 1 aromatic rings. The van der Waals surface area contributed by atoms with E-state index in [0.717, 1.165) is 64.6 Å². The first-order valence-electron chi connectivity index (χ1n) is 9.01. The predicted molar refractivity (Wildman–Crippen MR) is 94.3 cm³/mol. The Morgan fingerprint density at radius 2 is 2.21 bits per heavy atom. The molecule has 0 aliphatic carbocycles. The number of anilines is 1. The van der Waals surface area contributed by atoms with Gasteiger partial charge >= 0.3 is 0 Å². The Labute approximate surface area is 144 Å². The summed E-state index contributed by atoms with van der Waals surface area (Å²) in [5.41, 5.74) is 1.51. The van der Waals surface area contributed by atoms with Crippen LogP contribution in [0, 0.1) is 5.92 Å². The van der Waals surface area contributed by atoms with E-state index in [4.69, 9.17) is 4.74 Å². The highest BCUT2D eigenvalue weighted by Crippen LogP contribution is 2.18. The average Bonchev–Trinajstić information content (AvgIpc) is 2.62. The molecule has 1 unspecified atom stereocenters. The molecule has 1 amide bonds. The molecule has 2 fully saturated rings. The van der Waals surface area contributed by atoms with Crippen molar-refractivity contribution < 1.29 is 9.53 Å². The van der Waals surface area contributed by atoms with Crippen LogP contribution in [0.15, 0.2) is 18.3 Å². The number of ether oxygens (including phenoxy) is 1. The highest BCUT2D eigenvalue weighted by Gasteiger charge is 2.23. The van der Waals surface area contributed by atoms with E-state index >= 15 is 0 Å². The third kappa shape index (κ3) is 4.68. The molecule has 0 spiro atoms. The van der Waals surface area contributed by atoms with Gasteiger partial charge < -0.3 is 15.0 Å². The Balaban J connectivity index is 1.52. The summed E-state index contributed by atoms with van der Waals surface area (Å²) in [5.74, 6) is 0.635. The third-order valence-electron chi connectivity index (χ3n) is 4.78. The molecule has 0 radical (unpaired) electrons. The van der Waals surface area contributed by atoms with Crippen LogP contribution < -0.4 is 5.32 Å². The Bertz CT molecular complexity index is 546. The van der Waals surface area contributed by atoms with Crippen LogP contribution in [0.3, 0.4) is 0 Å². The summed E-state index contributed by atoms with van der Waals surface area (Å²) >= 11 is 0. The molecular formula is C18H28N4O2. The van der Waals surface area contributed by atoms with E-state index in [1.165, 1.54) is 6.42 Å². The van der Waals surface area contributed by atoms with Gasteiger partial charge in [0, 0.05) is 51.2 Å². The number of aromatic nitrogens is 1. The molecule has 1 atom stereocenters. The summed E-state index contributed by atoms with van der Waals surface area (Å²) in [6.07, 6.45) is 4.02. The van der Waals surface area contributed by atoms with Crippen LogP contribution in [0.4, 0.5) is 5.69 Å². The van der Waals surface area contributed by atoms with Crippen LogP contribution in [0.5, 0.6) is 0 Å². The summed E-state index contributed by atoms with van der Waals surface area (Å²) in [5, 5.41) is 3.41. The van der Waals surface area contributed by atoms with E-state index in [1.54, 1.807) is 6.20 Å². The van der Waals surface area contributed by atoms with Gasteiger partial charge in [0.1, 0.15) is 5.69 Å². The Hall–Kier alpha value is -1.66. The van der Waals surface area contributed by atoms with Gasteiger partial charge in [-0.2, -0.15) is 0 Å². The second-order valence-electron chi connectivity index (χ2n) is 6.81. The first-order chi connectivity index (χ1) is 11.7. The second-order valence-corrected chi connectivity index (χ2v) is 6.81. The van der Waals surface area contributed by atoms with Crippen LogP contribution in [0.2, 0.25) is 0 Å². The van der Waals surface area contributed by atoms with Gasteiger partial charge in [0.25, 0.3) is 5.91 Å². The number of nitrogens with one attached hydrogen (secondary N) is 1. The van der Waals surface area contributed by atoms with Crippen molar-refractivity contribution in [2.24, 2.45) is 5.92 Å². The fourth-order valence-electron chi connectivity index (χ4n) is 3.38.